The van der Waals surface area contributed by atoms with Crippen LogP contribution in [-0.2, 0) is 4.74 Å². The zero-order valence-corrected chi connectivity index (χ0v) is 13.3. The van der Waals surface area contributed by atoms with Crippen molar-refractivity contribution in [3.8, 4) is 0 Å². The van der Waals surface area contributed by atoms with Gasteiger partial charge >= 0.3 is 0 Å². The van der Waals surface area contributed by atoms with E-state index in [-0.39, 0.29) is 0 Å². The van der Waals surface area contributed by atoms with Crippen LogP contribution in [0.3, 0.4) is 0 Å². The Morgan fingerprint density at radius 3 is 2.21 bits per heavy atom. The lowest BCUT2D eigenvalue weighted by Crippen LogP contribution is -2.39. The van der Waals surface area contributed by atoms with Gasteiger partial charge in [-0.3, -0.25) is 0 Å². The summed E-state index contributed by atoms with van der Waals surface area (Å²) in [5.74, 6) is 0. The molecule has 1 aliphatic heterocycles. The lowest BCUT2D eigenvalue weighted by atomic mass is 10.0. The van der Waals surface area contributed by atoms with Crippen LogP contribution in [0.15, 0.2) is 35.1 Å². The highest BCUT2D eigenvalue weighted by molar-refractivity contribution is 5.36. The zero-order valence-electron chi connectivity index (χ0n) is 13.3. The summed E-state index contributed by atoms with van der Waals surface area (Å²) < 4.78 is 5.49. The Balaban J connectivity index is 3.06. The molecule has 0 spiro atoms. The van der Waals surface area contributed by atoms with Crippen molar-refractivity contribution in [1.29, 1.82) is 0 Å². The molecule has 0 aromatic heterocycles. The van der Waals surface area contributed by atoms with Crippen molar-refractivity contribution in [1.82, 2.24) is 4.90 Å². The van der Waals surface area contributed by atoms with E-state index in [2.05, 4.69) is 52.2 Å². The number of ether oxygens (including phenoxy) is 1. The second-order valence-corrected chi connectivity index (χ2v) is 5.63. The van der Waals surface area contributed by atoms with Gasteiger partial charge in [-0.2, -0.15) is 0 Å². The minimum absolute atomic E-state index is 0.596. The standard InChI is InChI=1S/C17H29NO/c1-7-18(16-8-10-19-11-9-16)17(12-13(2)3)15(6)14(4)5/h12,16H,2,7-11H2,1,3-6H3/b17-12+. The molecule has 2 nitrogen and oxygen atoms in total. The molecule has 1 saturated heterocycles. The van der Waals surface area contributed by atoms with Gasteiger partial charge in [0.25, 0.3) is 0 Å². The minimum Gasteiger partial charge on any atom is -0.381 e. The zero-order chi connectivity index (χ0) is 14.4. The molecule has 1 rings (SSSR count). The van der Waals surface area contributed by atoms with Crippen LogP contribution in [0.25, 0.3) is 0 Å². The summed E-state index contributed by atoms with van der Waals surface area (Å²) in [7, 11) is 0. The van der Waals surface area contributed by atoms with Crippen molar-refractivity contribution in [2.45, 2.75) is 53.5 Å². The Labute approximate surface area is 118 Å². The van der Waals surface area contributed by atoms with E-state index in [9.17, 15) is 0 Å². The van der Waals surface area contributed by atoms with Crippen LogP contribution in [0.2, 0.25) is 0 Å². The fourth-order valence-corrected chi connectivity index (χ4v) is 2.52. The predicted molar refractivity (Wildman–Crippen MR) is 83.2 cm³/mol. The highest BCUT2D eigenvalue weighted by Gasteiger charge is 2.23. The van der Waals surface area contributed by atoms with Crippen LogP contribution in [0, 0.1) is 0 Å². The van der Waals surface area contributed by atoms with Gasteiger partial charge in [0.15, 0.2) is 0 Å². The van der Waals surface area contributed by atoms with Crippen molar-refractivity contribution < 1.29 is 4.74 Å². The van der Waals surface area contributed by atoms with Crippen LogP contribution < -0.4 is 0 Å². The molecule has 0 saturated carbocycles. The molecule has 0 atom stereocenters. The van der Waals surface area contributed by atoms with Crippen molar-refractivity contribution in [3.05, 3.63) is 35.1 Å². The number of allylic oxidation sites excluding steroid dienone is 4. The first kappa shape index (κ1) is 16.0. The molecule has 0 N–H and O–H groups in total. The molecule has 1 fully saturated rings. The van der Waals surface area contributed by atoms with Crippen LogP contribution >= 0.6 is 0 Å². The van der Waals surface area contributed by atoms with Crippen molar-refractivity contribution in [3.63, 3.8) is 0 Å². The molecule has 2 heteroatoms. The van der Waals surface area contributed by atoms with E-state index in [1.54, 1.807) is 0 Å². The Bertz CT molecular complexity index is 369. The Hall–Kier alpha value is -1.02. The summed E-state index contributed by atoms with van der Waals surface area (Å²) >= 11 is 0. The highest BCUT2D eigenvalue weighted by Crippen LogP contribution is 2.26. The van der Waals surface area contributed by atoms with Crippen LogP contribution in [0.4, 0.5) is 0 Å². The molecule has 0 aromatic carbocycles. The minimum atomic E-state index is 0.596. The number of rotatable bonds is 5. The maximum absolute atomic E-state index is 5.49. The average molecular weight is 263 g/mol. The molecule has 0 bridgehead atoms. The van der Waals surface area contributed by atoms with Gasteiger partial charge in [0.2, 0.25) is 0 Å². The SMILES string of the molecule is C=C(C)/C=C(\C(C)=C(C)C)N(CC)C1CCOCC1. The molecule has 0 aliphatic carbocycles. The summed E-state index contributed by atoms with van der Waals surface area (Å²) in [6, 6.07) is 0.596. The molecule has 1 heterocycles. The van der Waals surface area contributed by atoms with E-state index in [1.807, 2.05) is 0 Å². The van der Waals surface area contributed by atoms with Gasteiger partial charge in [0, 0.05) is 31.5 Å². The van der Waals surface area contributed by atoms with Crippen LogP contribution in [0.1, 0.15) is 47.5 Å². The lowest BCUT2D eigenvalue weighted by Gasteiger charge is -2.37. The molecule has 1 aliphatic rings. The van der Waals surface area contributed by atoms with Gasteiger partial charge in [-0.25, -0.2) is 0 Å². The second-order valence-electron chi connectivity index (χ2n) is 5.63. The predicted octanol–water partition coefficient (Wildman–Crippen LogP) is 4.30. The Kier molecular flexibility index (Phi) is 6.36. The van der Waals surface area contributed by atoms with E-state index in [1.165, 1.54) is 16.8 Å². The third-order valence-corrected chi connectivity index (χ3v) is 3.80. The fraction of sp³-hybridized carbons (Fsp3) is 0.647. The third-order valence-electron chi connectivity index (χ3n) is 3.80. The summed E-state index contributed by atoms with van der Waals surface area (Å²) in [4.78, 5) is 2.53. The Morgan fingerprint density at radius 1 is 1.21 bits per heavy atom. The Morgan fingerprint density at radius 2 is 1.79 bits per heavy atom. The fourth-order valence-electron chi connectivity index (χ4n) is 2.52. The monoisotopic (exact) mass is 263 g/mol. The van der Waals surface area contributed by atoms with E-state index in [4.69, 9.17) is 4.74 Å². The smallest absolute Gasteiger partial charge is 0.0485 e. The molecular formula is C17H29NO. The molecule has 108 valence electrons. The van der Waals surface area contributed by atoms with Gasteiger partial charge in [-0.1, -0.05) is 17.7 Å². The quantitative estimate of drug-likeness (QED) is 0.686. The lowest BCUT2D eigenvalue weighted by molar-refractivity contribution is 0.0477. The van der Waals surface area contributed by atoms with Gasteiger partial charge in [-0.05, 0) is 59.1 Å². The molecule has 0 amide bonds. The highest BCUT2D eigenvalue weighted by atomic mass is 16.5. The van der Waals surface area contributed by atoms with E-state index >= 15 is 0 Å². The second kappa shape index (κ2) is 7.54. The number of hydrogen-bond donors (Lipinski definition) is 0. The van der Waals surface area contributed by atoms with E-state index in [0.717, 1.165) is 38.2 Å². The number of nitrogens with zero attached hydrogens (tertiary/aromatic N) is 1. The number of hydrogen-bond acceptors (Lipinski definition) is 2. The van der Waals surface area contributed by atoms with E-state index < -0.39 is 0 Å². The largest absolute Gasteiger partial charge is 0.381 e. The molecule has 0 radical (unpaired) electrons. The third kappa shape index (κ3) is 4.54. The molecular weight excluding hydrogens is 234 g/mol. The topological polar surface area (TPSA) is 12.5 Å². The van der Waals surface area contributed by atoms with E-state index in [0.29, 0.717) is 6.04 Å². The van der Waals surface area contributed by atoms with Crippen molar-refractivity contribution in [2.24, 2.45) is 0 Å². The maximum atomic E-state index is 5.49. The van der Waals surface area contributed by atoms with Gasteiger partial charge in [-0.15, -0.1) is 0 Å². The molecule has 0 aromatic rings. The van der Waals surface area contributed by atoms with Gasteiger partial charge in [0.05, 0.1) is 0 Å². The van der Waals surface area contributed by atoms with Gasteiger partial charge in [0.1, 0.15) is 0 Å². The maximum Gasteiger partial charge on any atom is 0.0485 e. The molecule has 19 heavy (non-hydrogen) atoms. The first-order valence-electron chi connectivity index (χ1n) is 7.33. The normalized spacial score (nSPS) is 17.2. The first-order valence-corrected chi connectivity index (χ1v) is 7.33. The average Bonchev–Trinajstić information content (AvgIpc) is 2.38. The van der Waals surface area contributed by atoms with Crippen LogP contribution in [0.5, 0.6) is 0 Å². The number of likely N-dealkylation sites (N-methyl/N-ethyl adjacent to an activating group) is 1. The van der Waals surface area contributed by atoms with Gasteiger partial charge < -0.3 is 9.64 Å². The summed E-state index contributed by atoms with van der Waals surface area (Å²) in [6.45, 7) is 17.7. The first-order chi connectivity index (χ1) is 8.97. The van der Waals surface area contributed by atoms with Crippen LogP contribution in [-0.4, -0.2) is 30.7 Å². The summed E-state index contributed by atoms with van der Waals surface area (Å²) in [6.07, 6.45) is 4.47. The summed E-state index contributed by atoms with van der Waals surface area (Å²) in [5.41, 5.74) is 5.19. The summed E-state index contributed by atoms with van der Waals surface area (Å²) in [5, 5.41) is 0. The van der Waals surface area contributed by atoms with Crippen molar-refractivity contribution >= 4 is 0 Å². The molecule has 0 unspecified atom stereocenters. The van der Waals surface area contributed by atoms with Crippen molar-refractivity contribution in [2.75, 3.05) is 19.8 Å².